The van der Waals surface area contributed by atoms with Crippen molar-refractivity contribution in [2.75, 3.05) is 0 Å². The molecule has 24 heavy (non-hydrogen) atoms. The number of hydrogen-bond donors (Lipinski definition) is 0. The van der Waals surface area contributed by atoms with Crippen LogP contribution < -0.4 is 0 Å². The first-order valence-electron chi connectivity index (χ1n) is 6.79. The largest absolute Gasteiger partial charge is 0.383 e. The first-order valence-corrected chi connectivity index (χ1v) is 8.86. The van der Waals surface area contributed by atoms with Gasteiger partial charge < -0.3 is 0 Å². The number of fused-ring (bicyclic) bond motifs is 1. The number of halogens is 3. The fraction of sp³-hybridized carbons (Fsp3) is 0.143. The van der Waals surface area contributed by atoms with Crippen molar-refractivity contribution in [3.05, 3.63) is 52.2 Å². The predicted molar refractivity (Wildman–Crippen MR) is 88.8 cm³/mol. The molecule has 0 N–H and O–H groups in total. The topological polar surface area (TPSA) is 56.0 Å². The smallest absolute Gasteiger partial charge is 0.241 e. The van der Waals surface area contributed by atoms with Crippen molar-refractivity contribution < 1.29 is 8.78 Å². The number of benzene rings is 1. The molecule has 0 saturated carbocycles. The van der Waals surface area contributed by atoms with Crippen molar-refractivity contribution >= 4 is 39.2 Å². The molecule has 0 amide bonds. The van der Waals surface area contributed by atoms with Crippen LogP contribution in [0.2, 0.25) is 0 Å². The quantitative estimate of drug-likeness (QED) is 0.496. The summed E-state index contributed by atoms with van der Waals surface area (Å²) in [5.41, 5.74) is 1.86. The Balaban J connectivity index is 1.61. The van der Waals surface area contributed by atoms with Crippen molar-refractivity contribution in [2.45, 2.75) is 11.8 Å². The highest BCUT2D eigenvalue weighted by molar-refractivity contribution is 7.16. The fourth-order valence-electron chi connectivity index (χ4n) is 2.16. The second-order valence-electron chi connectivity index (χ2n) is 4.90. The minimum absolute atomic E-state index is 0.277. The van der Waals surface area contributed by atoms with Crippen LogP contribution in [0, 0.1) is 0 Å². The first-order chi connectivity index (χ1) is 11.5. The van der Waals surface area contributed by atoms with Gasteiger partial charge in [-0.05, 0) is 11.6 Å². The van der Waals surface area contributed by atoms with E-state index >= 15 is 0 Å². The highest BCUT2D eigenvalue weighted by Gasteiger charge is 2.35. The molecule has 0 aliphatic carbocycles. The molecule has 0 spiro atoms. The number of thiazole rings is 1. The van der Waals surface area contributed by atoms with Gasteiger partial charge in [-0.15, -0.1) is 21.5 Å². The number of nitrogens with zero attached hydrogens (tertiary/aromatic N) is 5. The lowest BCUT2D eigenvalue weighted by Crippen LogP contribution is -2.10. The molecule has 4 aromatic rings. The minimum atomic E-state index is -3.61. The van der Waals surface area contributed by atoms with Gasteiger partial charge in [-0.3, -0.25) is 0 Å². The zero-order valence-electron chi connectivity index (χ0n) is 11.9. The summed E-state index contributed by atoms with van der Waals surface area (Å²) >= 11 is 7.73. The molecular weight excluding hydrogens is 376 g/mol. The maximum atomic E-state index is 13.2. The molecule has 4 rings (SSSR count). The molecule has 0 bridgehead atoms. The van der Waals surface area contributed by atoms with Gasteiger partial charge in [-0.1, -0.05) is 41.7 Å². The third-order valence-electron chi connectivity index (χ3n) is 3.19. The Bertz CT molecular complexity index is 990. The van der Waals surface area contributed by atoms with Gasteiger partial charge in [-0.25, -0.2) is 4.98 Å². The molecule has 0 atom stereocenters. The third-order valence-corrected chi connectivity index (χ3v) is 5.20. The second kappa shape index (κ2) is 5.83. The van der Waals surface area contributed by atoms with E-state index < -0.39 is 11.2 Å². The molecule has 0 fully saturated rings. The summed E-state index contributed by atoms with van der Waals surface area (Å²) in [5.74, 6) is -0.676. The summed E-state index contributed by atoms with van der Waals surface area (Å²) in [5, 5.41) is 11.0. The van der Waals surface area contributed by atoms with Gasteiger partial charge in [-0.2, -0.15) is 18.4 Å². The van der Waals surface area contributed by atoms with Crippen molar-refractivity contribution in [3.8, 4) is 10.6 Å². The molecule has 122 valence electrons. The van der Waals surface area contributed by atoms with Crippen molar-refractivity contribution in [2.24, 2.45) is 0 Å². The van der Waals surface area contributed by atoms with Crippen LogP contribution in [0.5, 0.6) is 0 Å². The Morgan fingerprint density at radius 3 is 2.71 bits per heavy atom. The van der Waals surface area contributed by atoms with E-state index in [1.54, 1.807) is 0 Å². The normalized spacial score (nSPS) is 12.1. The standard InChI is InChI=1S/C14H8ClF2N5S2/c15-14(16,17)12-19-20-13-22(12)21-10(24-13)6-9-7-23-11(18-9)8-4-2-1-3-5-8/h1-5,7H,6H2. The van der Waals surface area contributed by atoms with Crippen molar-refractivity contribution in [3.63, 3.8) is 0 Å². The first kappa shape index (κ1) is 15.6. The SMILES string of the molecule is FC(F)(Cl)c1nnc2sc(Cc3csc(-c4ccccc4)n3)nn12. The number of rotatable bonds is 4. The van der Waals surface area contributed by atoms with E-state index in [0.29, 0.717) is 11.4 Å². The molecule has 0 saturated heterocycles. The summed E-state index contributed by atoms with van der Waals surface area (Å²) in [6.45, 7) is 0. The van der Waals surface area contributed by atoms with Gasteiger partial charge in [0.1, 0.15) is 10.0 Å². The maximum absolute atomic E-state index is 13.2. The predicted octanol–water partition coefficient (Wildman–Crippen LogP) is 4.19. The van der Waals surface area contributed by atoms with Crippen LogP contribution in [0.1, 0.15) is 16.5 Å². The van der Waals surface area contributed by atoms with Crippen LogP contribution in [-0.4, -0.2) is 24.8 Å². The van der Waals surface area contributed by atoms with E-state index in [0.717, 1.165) is 20.8 Å². The Morgan fingerprint density at radius 2 is 1.96 bits per heavy atom. The van der Waals surface area contributed by atoms with Gasteiger partial charge >= 0.3 is 5.38 Å². The number of aromatic nitrogens is 5. The molecule has 0 aliphatic rings. The van der Waals surface area contributed by atoms with Gasteiger partial charge in [0.25, 0.3) is 0 Å². The Hall–Kier alpha value is -1.97. The van der Waals surface area contributed by atoms with Gasteiger partial charge in [0.2, 0.25) is 10.8 Å². The van der Waals surface area contributed by atoms with E-state index in [9.17, 15) is 8.78 Å². The van der Waals surface area contributed by atoms with E-state index in [1.165, 1.54) is 22.7 Å². The number of hydrogen-bond acceptors (Lipinski definition) is 6. The van der Waals surface area contributed by atoms with Crippen LogP contribution in [0.3, 0.4) is 0 Å². The lowest BCUT2D eigenvalue weighted by Gasteiger charge is -2.01. The minimum Gasteiger partial charge on any atom is -0.241 e. The van der Waals surface area contributed by atoms with Crippen LogP contribution in [0.15, 0.2) is 35.7 Å². The summed E-state index contributed by atoms with van der Waals surface area (Å²) in [4.78, 5) is 4.84. The average Bonchev–Trinajstić information content (AvgIpc) is 3.22. The number of alkyl halides is 3. The summed E-state index contributed by atoms with van der Waals surface area (Å²) < 4.78 is 27.5. The molecule has 3 heterocycles. The zero-order valence-corrected chi connectivity index (χ0v) is 14.2. The van der Waals surface area contributed by atoms with Crippen LogP contribution >= 0.6 is 34.3 Å². The Labute approximate surface area is 147 Å². The van der Waals surface area contributed by atoms with Gasteiger partial charge in [0, 0.05) is 17.4 Å². The van der Waals surface area contributed by atoms with Crippen molar-refractivity contribution in [1.29, 1.82) is 0 Å². The molecule has 1 aromatic carbocycles. The van der Waals surface area contributed by atoms with E-state index in [4.69, 9.17) is 11.6 Å². The monoisotopic (exact) mass is 383 g/mol. The summed E-state index contributed by atoms with van der Waals surface area (Å²) in [6, 6.07) is 9.82. The summed E-state index contributed by atoms with van der Waals surface area (Å²) in [7, 11) is 0. The Morgan fingerprint density at radius 1 is 1.17 bits per heavy atom. The Kier molecular flexibility index (Phi) is 3.78. The van der Waals surface area contributed by atoms with Crippen LogP contribution in [0.4, 0.5) is 8.78 Å². The molecular formula is C14H8ClF2N5S2. The van der Waals surface area contributed by atoms with Crippen molar-refractivity contribution in [1.82, 2.24) is 24.8 Å². The van der Waals surface area contributed by atoms with Gasteiger partial charge in [0.15, 0.2) is 0 Å². The average molecular weight is 384 g/mol. The zero-order chi connectivity index (χ0) is 16.7. The molecule has 10 heteroatoms. The highest BCUT2D eigenvalue weighted by atomic mass is 35.5. The fourth-order valence-corrected chi connectivity index (χ4v) is 3.95. The van der Waals surface area contributed by atoms with Gasteiger partial charge in [0.05, 0.1) is 5.69 Å². The van der Waals surface area contributed by atoms with E-state index in [1.807, 2.05) is 35.7 Å². The highest BCUT2D eigenvalue weighted by Crippen LogP contribution is 2.32. The third kappa shape index (κ3) is 2.90. The second-order valence-corrected chi connectivity index (χ2v) is 7.27. The molecule has 0 radical (unpaired) electrons. The van der Waals surface area contributed by atoms with E-state index in [-0.39, 0.29) is 4.96 Å². The van der Waals surface area contributed by atoms with Crippen LogP contribution in [-0.2, 0) is 11.8 Å². The molecule has 3 aromatic heterocycles. The molecule has 0 unspecified atom stereocenters. The van der Waals surface area contributed by atoms with Crippen LogP contribution in [0.25, 0.3) is 15.5 Å². The maximum Gasteiger partial charge on any atom is 0.383 e. The molecule has 5 nitrogen and oxygen atoms in total. The van der Waals surface area contributed by atoms with E-state index in [2.05, 4.69) is 20.3 Å². The summed E-state index contributed by atoms with van der Waals surface area (Å²) in [6.07, 6.45) is 0.435. The lowest BCUT2D eigenvalue weighted by molar-refractivity contribution is 0.0820. The molecule has 0 aliphatic heterocycles. The lowest BCUT2D eigenvalue weighted by atomic mass is 10.2.